The Hall–Kier alpha value is -1.79. The molecule has 0 aliphatic carbocycles. The second-order valence-electron chi connectivity index (χ2n) is 4.51. The fourth-order valence-electron chi connectivity index (χ4n) is 1.80. The normalized spacial score (nSPS) is 12.3. The third-order valence-corrected chi connectivity index (χ3v) is 3.35. The van der Waals surface area contributed by atoms with Gasteiger partial charge in [-0.05, 0) is 12.1 Å². The molecule has 0 aliphatic heterocycles. The van der Waals surface area contributed by atoms with Crippen LogP contribution in [0.25, 0.3) is 0 Å². The molecule has 1 unspecified atom stereocenters. The highest BCUT2D eigenvalue weighted by atomic mass is 35.5. The molecule has 0 fully saturated rings. The van der Waals surface area contributed by atoms with E-state index in [2.05, 4.69) is 10.4 Å². The first kappa shape index (κ1) is 14.6. The quantitative estimate of drug-likeness (QED) is 0.840. The Bertz CT molecular complexity index is 610. The van der Waals surface area contributed by atoms with E-state index in [4.69, 9.17) is 16.0 Å². The van der Waals surface area contributed by atoms with Crippen LogP contribution in [0.4, 0.5) is 5.69 Å². The van der Waals surface area contributed by atoms with Crippen LogP contribution in [-0.4, -0.2) is 28.0 Å². The van der Waals surface area contributed by atoms with Crippen molar-refractivity contribution in [3.05, 3.63) is 45.7 Å². The van der Waals surface area contributed by atoms with Gasteiger partial charge in [-0.15, -0.1) is 0 Å². The summed E-state index contributed by atoms with van der Waals surface area (Å²) in [6.45, 7) is 0.468. The van der Waals surface area contributed by atoms with Crippen molar-refractivity contribution in [3.63, 3.8) is 0 Å². The zero-order valence-electron chi connectivity index (χ0n) is 11.0. The molecule has 0 radical (unpaired) electrons. The lowest BCUT2D eigenvalue weighted by Gasteiger charge is -2.15. The molecule has 1 atom stereocenters. The number of halogens is 1. The van der Waals surface area contributed by atoms with E-state index in [9.17, 15) is 9.90 Å². The number of aryl methyl sites for hydroxylation is 1. The molecule has 0 aliphatic rings. The standard InChI is InChI=1S/C13H16ClN3O3/c1-17-13(19)12(14)11(7-16-17)15-6-9(8-18)5-10-3-2-4-20-10/h2-4,7,9,15,18H,5-6,8H2,1H3. The number of aromatic nitrogens is 2. The number of nitrogens with zero attached hydrogens (tertiary/aromatic N) is 2. The van der Waals surface area contributed by atoms with Crippen LogP contribution in [0, 0.1) is 5.92 Å². The van der Waals surface area contributed by atoms with Crippen LogP contribution < -0.4 is 10.9 Å². The highest BCUT2D eigenvalue weighted by molar-refractivity contribution is 6.32. The van der Waals surface area contributed by atoms with Gasteiger partial charge in [0.1, 0.15) is 10.8 Å². The predicted octanol–water partition coefficient (Wildman–Crippen LogP) is 1.29. The summed E-state index contributed by atoms with van der Waals surface area (Å²) < 4.78 is 6.41. The Morgan fingerprint density at radius 3 is 3.05 bits per heavy atom. The lowest BCUT2D eigenvalue weighted by Crippen LogP contribution is -2.24. The largest absolute Gasteiger partial charge is 0.469 e. The molecule has 2 aromatic heterocycles. The summed E-state index contributed by atoms with van der Waals surface area (Å²) in [5, 5.41) is 16.4. The van der Waals surface area contributed by atoms with Gasteiger partial charge in [-0.25, -0.2) is 4.68 Å². The van der Waals surface area contributed by atoms with Gasteiger partial charge < -0.3 is 14.8 Å². The average molecular weight is 298 g/mol. The highest BCUT2D eigenvalue weighted by Crippen LogP contribution is 2.16. The van der Waals surface area contributed by atoms with Crippen molar-refractivity contribution in [1.29, 1.82) is 0 Å². The van der Waals surface area contributed by atoms with Crippen LogP contribution >= 0.6 is 11.6 Å². The first-order valence-corrected chi connectivity index (χ1v) is 6.58. The van der Waals surface area contributed by atoms with Crippen LogP contribution in [-0.2, 0) is 13.5 Å². The zero-order valence-corrected chi connectivity index (χ0v) is 11.8. The van der Waals surface area contributed by atoms with Gasteiger partial charge in [0.25, 0.3) is 5.56 Å². The Kier molecular flexibility index (Phi) is 4.81. The monoisotopic (exact) mass is 297 g/mol. The molecule has 0 amide bonds. The van der Waals surface area contributed by atoms with Crippen molar-refractivity contribution in [1.82, 2.24) is 9.78 Å². The molecule has 2 aromatic rings. The minimum atomic E-state index is -0.358. The molecule has 20 heavy (non-hydrogen) atoms. The summed E-state index contributed by atoms with van der Waals surface area (Å²) in [6, 6.07) is 3.66. The minimum absolute atomic E-state index is 0.00356. The Morgan fingerprint density at radius 2 is 2.40 bits per heavy atom. The molecule has 108 valence electrons. The summed E-state index contributed by atoms with van der Waals surface area (Å²) in [5.41, 5.74) is 0.107. The molecular formula is C13H16ClN3O3. The number of furan rings is 1. The number of nitrogens with one attached hydrogen (secondary N) is 1. The van der Waals surface area contributed by atoms with Crippen LogP contribution in [0.3, 0.4) is 0 Å². The molecule has 0 saturated heterocycles. The number of hydrogen-bond acceptors (Lipinski definition) is 5. The van der Waals surface area contributed by atoms with E-state index >= 15 is 0 Å². The number of aliphatic hydroxyl groups excluding tert-OH is 1. The molecule has 2 heterocycles. The second-order valence-corrected chi connectivity index (χ2v) is 4.89. The maximum atomic E-state index is 11.6. The number of aliphatic hydroxyl groups is 1. The van der Waals surface area contributed by atoms with E-state index in [1.165, 1.54) is 17.9 Å². The summed E-state index contributed by atoms with van der Waals surface area (Å²) in [5.74, 6) is 0.764. The summed E-state index contributed by atoms with van der Waals surface area (Å²) >= 11 is 5.95. The van der Waals surface area contributed by atoms with Crippen LogP contribution in [0.1, 0.15) is 5.76 Å². The molecule has 6 nitrogen and oxygen atoms in total. The first-order chi connectivity index (χ1) is 9.61. The Balaban J connectivity index is 2.00. The van der Waals surface area contributed by atoms with Gasteiger partial charge in [0.05, 0.1) is 18.1 Å². The van der Waals surface area contributed by atoms with Crippen molar-refractivity contribution < 1.29 is 9.52 Å². The lowest BCUT2D eigenvalue weighted by atomic mass is 10.1. The van der Waals surface area contributed by atoms with E-state index in [1.54, 1.807) is 12.3 Å². The first-order valence-electron chi connectivity index (χ1n) is 6.20. The molecular weight excluding hydrogens is 282 g/mol. The summed E-state index contributed by atoms with van der Waals surface area (Å²) in [7, 11) is 1.53. The number of rotatable bonds is 6. The van der Waals surface area contributed by atoms with Crippen molar-refractivity contribution in [3.8, 4) is 0 Å². The topological polar surface area (TPSA) is 80.3 Å². The molecule has 0 aromatic carbocycles. The smallest absolute Gasteiger partial charge is 0.287 e. The number of hydrogen-bond donors (Lipinski definition) is 2. The highest BCUT2D eigenvalue weighted by Gasteiger charge is 2.13. The second kappa shape index (κ2) is 6.58. The fraction of sp³-hybridized carbons (Fsp3) is 0.385. The summed E-state index contributed by atoms with van der Waals surface area (Å²) in [6.07, 6.45) is 3.69. The zero-order chi connectivity index (χ0) is 14.5. The van der Waals surface area contributed by atoms with Crippen molar-refractivity contribution in [2.24, 2.45) is 13.0 Å². The van der Waals surface area contributed by atoms with E-state index in [-0.39, 0.29) is 23.1 Å². The van der Waals surface area contributed by atoms with Gasteiger partial charge in [-0.1, -0.05) is 11.6 Å². The van der Waals surface area contributed by atoms with E-state index in [1.807, 2.05) is 6.07 Å². The van der Waals surface area contributed by atoms with E-state index < -0.39 is 0 Å². The third kappa shape index (κ3) is 3.40. The predicted molar refractivity (Wildman–Crippen MR) is 76.0 cm³/mol. The van der Waals surface area contributed by atoms with Crippen molar-refractivity contribution in [2.45, 2.75) is 6.42 Å². The SMILES string of the molecule is Cn1ncc(NCC(CO)Cc2ccco2)c(Cl)c1=O. The molecule has 7 heteroatoms. The maximum Gasteiger partial charge on any atom is 0.287 e. The van der Waals surface area contributed by atoms with Gasteiger partial charge in [-0.2, -0.15) is 5.10 Å². The van der Waals surface area contributed by atoms with Crippen molar-refractivity contribution in [2.75, 3.05) is 18.5 Å². The van der Waals surface area contributed by atoms with E-state index in [0.29, 0.717) is 18.7 Å². The van der Waals surface area contributed by atoms with Crippen LogP contribution in [0.15, 0.2) is 33.8 Å². The van der Waals surface area contributed by atoms with Crippen LogP contribution in [0.2, 0.25) is 5.02 Å². The van der Waals surface area contributed by atoms with Gasteiger partial charge in [0, 0.05) is 32.5 Å². The minimum Gasteiger partial charge on any atom is -0.469 e. The third-order valence-electron chi connectivity index (χ3n) is 2.99. The van der Waals surface area contributed by atoms with Crippen molar-refractivity contribution >= 4 is 17.3 Å². The average Bonchev–Trinajstić information content (AvgIpc) is 2.95. The van der Waals surface area contributed by atoms with Gasteiger partial charge >= 0.3 is 0 Å². The van der Waals surface area contributed by atoms with E-state index in [0.717, 1.165) is 5.76 Å². The Morgan fingerprint density at radius 1 is 1.60 bits per heavy atom. The molecule has 2 rings (SSSR count). The fourth-order valence-corrected chi connectivity index (χ4v) is 2.04. The summed E-state index contributed by atoms with van der Waals surface area (Å²) in [4.78, 5) is 11.6. The van der Waals surface area contributed by atoms with Gasteiger partial charge in [0.2, 0.25) is 0 Å². The molecule has 0 spiro atoms. The molecule has 2 N–H and O–H groups in total. The van der Waals surface area contributed by atoms with Gasteiger partial charge in [-0.3, -0.25) is 4.79 Å². The molecule has 0 bridgehead atoms. The number of anilines is 1. The van der Waals surface area contributed by atoms with Crippen LogP contribution in [0.5, 0.6) is 0 Å². The Labute approximate surface area is 121 Å². The molecule has 0 saturated carbocycles. The lowest BCUT2D eigenvalue weighted by molar-refractivity contribution is 0.226. The maximum absolute atomic E-state index is 11.6. The van der Waals surface area contributed by atoms with Gasteiger partial charge in [0.15, 0.2) is 0 Å².